The van der Waals surface area contributed by atoms with E-state index in [0.29, 0.717) is 11.1 Å². The lowest BCUT2D eigenvalue weighted by molar-refractivity contribution is 0.0319. The van der Waals surface area contributed by atoms with E-state index in [1.165, 1.54) is 0 Å². The van der Waals surface area contributed by atoms with Crippen molar-refractivity contribution in [3.8, 4) is 0 Å². The molecule has 1 atom stereocenters. The molecule has 0 radical (unpaired) electrons. The number of esters is 1. The number of carbonyl (C=O) groups excluding carboxylic acids is 2. The van der Waals surface area contributed by atoms with Gasteiger partial charge in [0, 0.05) is 22.2 Å². The molecule has 0 aliphatic carbocycles. The Morgan fingerprint density at radius 1 is 1.04 bits per heavy atom. The summed E-state index contributed by atoms with van der Waals surface area (Å²) in [5.74, 6) is -0.688. The fraction of sp³-hybridized carbons (Fsp3) is 0.273. The highest BCUT2D eigenvalue weighted by molar-refractivity contribution is 6.02. The molecule has 1 heterocycles. The van der Waals surface area contributed by atoms with E-state index in [0.717, 1.165) is 34.1 Å². The van der Waals surface area contributed by atoms with Crippen molar-refractivity contribution in [2.24, 2.45) is 0 Å². The molecule has 26 heavy (non-hydrogen) atoms. The normalized spacial score (nSPS) is 12.2. The number of H-pyrrole nitrogens is 1. The Labute approximate surface area is 153 Å². The zero-order chi connectivity index (χ0) is 18.8. The summed E-state index contributed by atoms with van der Waals surface area (Å²) in [6.07, 6.45) is 0.0826. The number of rotatable bonds is 5. The Morgan fingerprint density at radius 3 is 2.35 bits per heavy atom. The molecule has 0 saturated carbocycles. The van der Waals surface area contributed by atoms with Crippen molar-refractivity contribution in [1.82, 2.24) is 4.98 Å². The van der Waals surface area contributed by atoms with Gasteiger partial charge in [0.05, 0.1) is 5.56 Å². The third-order valence-electron chi connectivity index (χ3n) is 4.84. The first-order valence-electron chi connectivity index (χ1n) is 8.83. The summed E-state index contributed by atoms with van der Waals surface area (Å²) in [4.78, 5) is 28.2. The van der Waals surface area contributed by atoms with Gasteiger partial charge in [-0.1, -0.05) is 31.2 Å². The van der Waals surface area contributed by atoms with Gasteiger partial charge in [0.2, 0.25) is 5.78 Å². The van der Waals surface area contributed by atoms with Gasteiger partial charge in [-0.25, -0.2) is 4.79 Å². The van der Waals surface area contributed by atoms with Gasteiger partial charge in [0.15, 0.2) is 6.10 Å². The Bertz CT molecular complexity index is 967. The number of fused-ring (bicyclic) bond motifs is 1. The van der Waals surface area contributed by atoms with Gasteiger partial charge in [-0.05, 0) is 56.5 Å². The van der Waals surface area contributed by atoms with Crippen molar-refractivity contribution in [3.05, 3.63) is 70.4 Å². The molecule has 0 fully saturated rings. The average molecular weight is 349 g/mol. The number of hydrogen-bond donors (Lipinski definition) is 1. The largest absolute Gasteiger partial charge is 0.451 e. The predicted octanol–water partition coefficient (Wildman–Crippen LogP) is 4.78. The van der Waals surface area contributed by atoms with Crippen LogP contribution in [0.4, 0.5) is 0 Å². The second-order valence-electron chi connectivity index (χ2n) is 6.60. The topological polar surface area (TPSA) is 59.2 Å². The number of aromatic nitrogens is 1. The van der Waals surface area contributed by atoms with Gasteiger partial charge in [0.25, 0.3) is 0 Å². The summed E-state index contributed by atoms with van der Waals surface area (Å²) in [7, 11) is 0. The summed E-state index contributed by atoms with van der Waals surface area (Å²) < 4.78 is 5.41. The van der Waals surface area contributed by atoms with E-state index in [2.05, 4.69) is 11.9 Å². The molecule has 0 amide bonds. The lowest BCUT2D eigenvalue weighted by atomic mass is 10.0. The van der Waals surface area contributed by atoms with Gasteiger partial charge in [-0.15, -0.1) is 0 Å². The molecule has 1 unspecified atom stereocenters. The summed E-state index contributed by atoms with van der Waals surface area (Å²) in [6.45, 7) is 7.68. The Kier molecular flexibility index (Phi) is 4.94. The highest BCUT2D eigenvalue weighted by Gasteiger charge is 2.21. The number of ether oxygens (including phenoxy) is 1. The second-order valence-corrected chi connectivity index (χ2v) is 6.60. The molecule has 3 aromatic rings. The van der Waals surface area contributed by atoms with Crippen LogP contribution in [0.5, 0.6) is 0 Å². The van der Waals surface area contributed by atoms with Crippen LogP contribution in [-0.2, 0) is 11.2 Å². The third-order valence-corrected chi connectivity index (χ3v) is 4.84. The summed E-state index contributed by atoms with van der Waals surface area (Å²) >= 11 is 0. The monoisotopic (exact) mass is 349 g/mol. The first-order valence-corrected chi connectivity index (χ1v) is 8.83. The number of aryl methyl sites for hydroxylation is 3. The summed E-state index contributed by atoms with van der Waals surface area (Å²) in [6, 6.07) is 12.8. The fourth-order valence-corrected chi connectivity index (χ4v) is 3.01. The maximum Gasteiger partial charge on any atom is 0.338 e. The molecule has 134 valence electrons. The number of nitrogens with one attached hydrogen (secondary N) is 1. The molecule has 3 rings (SSSR count). The van der Waals surface area contributed by atoms with Crippen LogP contribution in [0.25, 0.3) is 10.9 Å². The van der Waals surface area contributed by atoms with Gasteiger partial charge in [0.1, 0.15) is 0 Å². The van der Waals surface area contributed by atoms with Crippen molar-refractivity contribution >= 4 is 22.7 Å². The van der Waals surface area contributed by atoms with E-state index in [1.807, 2.05) is 38.1 Å². The first kappa shape index (κ1) is 17.9. The van der Waals surface area contributed by atoms with Crippen LogP contribution in [0, 0.1) is 13.8 Å². The molecule has 1 aromatic heterocycles. The fourth-order valence-electron chi connectivity index (χ4n) is 3.01. The van der Waals surface area contributed by atoms with Crippen LogP contribution in [0.2, 0.25) is 0 Å². The lowest BCUT2D eigenvalue weighted by Gasteiger charge is -2.13. The van der Waals surface area contributed by atoms with Crippen molar-refractivity contribution in [2.75, 3.05) is 0 Å². The summed E-state index contributed by atoms with van der Waals surface area (Å²) in [5.41, 5.74) is 5.32. The minimum atomic E-state index is -0.834. The van der Waals surface area contributed by atoms with Crippen LogP contribution >= 0.6 is 0 Å². The van der Waals surface area contributed by atoms with Gasteiger partial charge < -0.3 is 9.72 Å². The number of carbonyl (C=O) groups is 2. The molecule has 0 aliphatic heterocycles. The van der Waals surface area contributed by atoms with Gasteiger partial charge in [-0.2, -0.15) is 0 Å². The number of hydrogen-bond acceptors (Lipinski definition) is 3. The van der Waals surface area contributed by atoms with Crippen LogP contribution in [-0.4, -0.2) is 22.8 Å². The van der Waals surface area contributed by atoms with E-state index in [9.17, 15) is 9.59 Å². The molecule has 0 bridgehead atoms. The van der Waals surface area contributed by atoms with E-state index < -0.39 is 12.1 Å². The SMILES string of the molecule is CCc1ccc(C(=O)C(C)OC(=O)c2ccc3[nH]c(C)c(C)c3c2)cc1. The van der Waals surface area contributed by atoms with E-state index in [-0.39, 0.29) is 5.78 Å². The number of ketones is 1. The highest BCUT2D eigenvalue weighted by Crippen LogP contribution is 2.23. The summed E-state index contributed by atoms with van der Waals surface area (Å²) in [5, 5.41) is 0.992. The predicted molar refractivity (Wildman–Crippen MR) is 103 cm³/mol. The minimum absolute atomic E-state index is 0.198. The standard InChI is InChI=1S/C22H23NO3/c1-5-16-6-8-17(9-7-16)21(24)15(4)26-22(25)18-10-11-20-19(12-18)13(2)14(3)23-20/h6-12,15,23H,5H2,1-4H3. The molecule has 2 aromatic carbocycles. The molecule has 4 nitrogen and oxygen atoms in total. The van der Waals surface area contributed by atoms with Crippen LogP contribution in [0.1, 0.15) is 51.4 Å². The quantitative estimate of drug-likeness (QED) is 0.533. The number of Topliss-reactive ketones (excluding diaryl/α,β-unsaturated/α-hetero) is 1. The smallest absolute Gasteiger partial charge is 0.338 e. The third kappa shape index (κ3) is 3.40. The maximum absolute atomic E-state index is 12.5. The zero-order valence-corrected chi connectivity index (χ0v) is 15.6. The lowest BCUT2D eigenvalue weighted by Crippen LogP contribution is -2.24. The van der Waals surface area contributed by atoms with Crippen LogP contribution < -0.4 is 0 Å². The number of benzene rings is 2. The highest BCUT2D eigenvalue weighted by atomic mass is 16.5. The average Bonchev–Trinajstić information content (AvgIpc) is 2.94. The van der Waals surface area contributed by atoms with Crippen LogP contribution in [0.15, 0.2) is 42.5 Å². The Hall–Kier alpha value is -2.88. The zero-order valence-electron chi connectivity index (χ0n) is 15.6. The number of aromatic amines is 1. The Morgan fingerprint density at radius 2 is 1.69 bits per heavy atom. The molecular formula is C22H23NO3. The first-order chi connectivity index (χ1) is 12.4. The molecule has 1 N–H and O–H groups in total. The second kappa shape index (κ2) is 7.16. The van der Waals surface area contributed by atoms with E-state index in [4.69, 9.17) is 4.74 Å². The van der Waals surface area contributed by atoms with Crippen LogP contribution in [0.3, 0.4) is 0 Å². The molecule has 4 heteroatoms. The van der Waals surface area contributed by atoms with E-state index in [1.54, 1.807) is 25.1 Å². The molecule has 0 aliphatic rings. The van der Waals surface area contributed by atoms with Crippen molar-refractivity contribution < 1.29 is 14.3 Å². The van der Waals surface area contributed by atoms with Crippen molar-refractivity contribution in [3.63, 3.8) is 0 Å². The van der Waals surface area contributed by atoms with Crippen molar-refractivity contribution in [1.29, 1.82) is 0 Å². The van der Waals surface area contributed by atoms with Gasteiger partial charge >= 0.3 is 5.97 Å². The molecule has 0 spiro atoms. The molecular weight excluding hydrogens is 326 g/mol. The molecule has 0 saturated heterocycles. The Balaban J connectivity index is 1.75. The minimum Gasteiger partial charge on any atom is -0.451 e. The van der Waals surface area contributed by atoms with Crippen molar-refractivity contribution in [2.45, 2.75) is 40.2 Å². The maximum atomic E-state index is 12.5. The van der Waals surface area contributed by atoms with E-state index >= 15 is 0 Å². The van der Waals surface area contributed by atoms with Gasteiger partial charge in [-0.3, -0.25) is 4.79 Å².